The molecule has 4 nitrogen and oxygen atoms in total. The van der Waals surface area contributed by atoms with E-state index in [-0.39, 0.29) is 5.91 Å². The van der Waals surface area contributed by atoms with E-state index in [0.717, 1.165) is 60.3 Å². The Balaban J connectivity index is 1.81. The largest absolute Gasteiger partial charge is 0.381 e. The number of pyridine rings is 1. The Morgan fingerprint density at radius 3 is 2.72 bits per heavy atom. The van der Waals surface area contributed by atoms with Gasteiger partial charge in [0.15, 0.2) is 0 Å². The van der Waals surface area contributed by atoms with Crippen LogP contribution in [0.5, 0.6) is 0 Å². The normalized spacial score (nSPS) is 15.7. The van der Waals surface area contributed by atoms with Crippen LogP contribution < -0.4 is 5.32 Å². The van der Waals surface area contributed by atoms with Crippen molar-refractivity contribution in [1.82, 2.24) is 4.98 Å². The minimum absolute atomic E-state index is 0.101. The molecule has 4 heteroatoms. The lowest BCUT2D eigenvalue weighted by molar-refractivity contribution is -0.116. The van der Waals surface area contributed by atoms with Crippen molar-refractivity contribution in [2.24, 2.45) is 5.92 Å². The number of para-hydroxylation sites is 1. The van der Waals surface area contributed by atoms with Crippen LogP contribution in [0.3, 0.4) is 0 Å². The van der Waals surface area contributed by atoms with E-state index in [1.165, 1.54) is 0 Å². The quantitative estimate of drug-likeness (QED) is 0.849. The molecule has 0 spiro atoms. The second-order valence-corrected chi connectivity index (χ2v) is 7.30. The predicted molar refractivity (Wildman–Crippen MR) is 102 cm³/mol. The van der Waals surface area contributed by atoms with Gasteiger partial charge in [0.2, 0.25) is 5.91 Å². The molecule has 1 amide bonds. The molecule has 134 valence electrons. The number of aryl methyl sites for hydroxylation is 1. The van der Waals surface area contributed by atoms with Gasteiger partial charge >= 0.3 is 0 Å². The first-order chi connectivity index (χ1) is 12.1. The van der Waals surface area contributed by atoms with E-state index >= 15 is 0 Å². The number of carbonyl (C=O) groups is 1. The number of aromatic nitrogens is 1. The number of fused-ring (bicyclic) bond motifs is 1. The molecule has 1 aliphatic heterocycles. The average molecular weight is 340 g/mol. The first kappa shape index (κ1) is 17.9. The minimum Gasteiger partial charge on any atom is -0.381 e. The summed E-state index contributed by atoms with van der Waals surface area (Å²) >= 11 is 0. The highest BCUT2D eigenvalue weighted by Gasteiger charge is 2.19. The molecule has 1 fully saturated rings. The van der Waals surface area contributed by atoms with E-state index in [4.69, 9.17) is 9.72 Å². The smallest absolute Gasteiger partial charge is 0.224 e. The number of carbonyl (C=O) groups excluding carboxylic acids is 1. The predicted octanol–water partition coefficient (Wildman–Crippen LogP) is 4.81. The summed E-state index contributed by atoms with van der Waals surface area (Å²) in [5, 5.41) is 4.23. The van der Waals surface area contributed by atoms with Gasteiger partial charge < -0.3 is 10.1 Å². The molecular formula is C21H28N2O2. The summed E-state index contributed by atoms with van der Waals surface area (Å²) in [5.41, 5.74) is 4.01. The van der Waals surface area contributed by atoms with Crippen molar-refractivity contribution in [3.05, 3.63) is 35.5 Å². The molecule has 1 saturated heterocycles. The Kier molecular flexibility index (Phi) is 5.69. The monoisotopic (exact) mass is 340 g/mol. The van der Waals surface area contributed by atoms with Crippen LogP contribution in [0.25, 0.3) is 10.9 Å². The fourth-order valence-corrected chi connectivity index (χ4v) is 3.76. The van der Waals surface area contributed by atoms with Gasteiger partial charge in [-0.3, -0.25) is 9.78 Å². The van der Waals surface area contributed by atoms with E-state index < -0.39 is 0 Å². The number of ether oxygens (including phenoxy) is 1. The van der Waals surface area contributed by atoms with Gasteiger partial charge in [-0.2, -0.15) is 0 Å². The van der Waals surface area contributed by atoms with Crippen molar-refractivity contribution < 1.29 is 9.53 Å². The molecule has 1 aromatic heterocycles. The molecule has 0 saturated carbocycles. The topological polar surface area (TPSA) is 51.2 Å². The maximum atomic E-state index is 12.6. The molecule has 0 bridgehead atoms. The Morgan fingerprint density at radius 2 is 2.00 bits per heavy atom. The number of rotatable bonds is 5. The lowest BCUT2D eigenvalue weighted by atomic mass is 9.94. The Morgan fingerprint density at radius 1 is 1.28 bits per heavy atom. The van der Waals surface area contributed by atoms with Crippen molar-refractivity contribution in [3.63, 3.8) is 0 Å². The number of hydrogen-bond acceptors (Lipinski definition) is 3. The maximum absolute atomic E-state index is 12.6. The van der Waals surface area contributed by atoms with Crippen LogP contribution in [-0.4, -0.2) is 24.1 Å². The van der Waals surface area contributed by atoms with Crippen molar-refractivity contribution in [3.8, 4) is 0 Å². The molecular weight excluding hydrogens is 312 g/mol. The molecule has 0 atom stereocenters. The van der Waals surface area contributed by atoms with Gasteiger partial charge in [-0.25, -0.2) is 0 Å². The first-order valence-electron chi connectivity index (χ1n) is 9.33. The first-order valence-corrected chi connectivity index (χ1v) is 9.33. The summed E-state index contributed by atoms with van der Waals surface area (Å²) in [6, 6.07) is 8.04. The van der Waals surface area contributed by atoms with Gasteiger partial charge in [-0.1, -0.05) is 32.0 Å². The van der Waals surface area contributed by atoms with Crippen LogP contribution in [0, 0.1) is 12.8 Å². The molecule has 1 N–H and O–H groups in total. The maximum Gasteiger partial charge on any atom is 0.224 e. The zero-order valence-electron chi connectivity index (χ0n) is 15.5. The highest BCUT2D eigenvalue weighted by atomic mass is 16.5. The number of amides is 1. The molecule has 3 rings (SSSR count). The second kappa shape index (κ2) is 7.96. The van der Waals surface area contributed by atoms with Crippen LogP contribution in [0.2, 0.25) is 0 Å². The van der Waals surface area contributed by atoms with Gasteiger partial charge in [-0.15, -0.1) is 0 Å². The molecule has 0 radical (unpaired) electrons. The SMILES string of the molecule is Cc1nc2ccccc2c(NC(=O)CCC2CCOCC2)c1C(C)C. The third-order valence-corrected chi connectivity index (χ3v) is 5.08. The van der Waals surface area contributed by atoms with Gasteiger partial charge in [0.25, 0.3) is 0 Å². The van der Waals surface area contributed by atoms with Crippen molar-refractivity contribution in [2.45, 2.75) is 52.4 Å². The average Bonchev–Trinajstić information content (AvgIpc) is 2.60. The number of benzene rings is 1. The van der Waals surface area contributed by atoms with Crippen molar-refractivity contribution in [2.75, 3.05) is 18.5 Å². The van der Waals surface area contributed by atoms with E-state index in [1.54, 1.807) is 0 Å². The standard InChI is InChI=1S/C21H28N2O2/c1-14(2)20-15(3)22-18-7-5-4-6-17(18)21(20)23-19(24)9-8-16-10-12-25-13-11-16/h4-7,14,16H,8-13H2,1-3H3,(H,22,23,24). The summed E-state index contributed by atoms with van der Waals surface area (Å²) in [5.74, 6) is 1.02. The molecule has 2 aromatic rings. The van der Waals surface area contributed by atoms with Gasteiger partial charge in [0.05, 0.1) is 11.2 Å². The molecule has 0 aliphatic carbocycles. The number of nitrogens with one attached hydrogen (secondary N) is 1. The van der Waals surface area contributed by atoms with Gasteiger partial charge in [0.1, 0.15) is 0 Å². The second-order valence-electron chi connectivity index (χ2n) is 7.30. The lowest BCUT2D eigenvalue weighted by Crippen LogP contribution is -2.19. The Bertz CT molecular complexity index is 749. The summed E-state index contributed by atoms with van der Waals surface area (Å²) < 4.78 is 5.40. The lowest BCUT2D eigenvalue weighted by Gasteiger charge is -2.22. The zero-order chi connectivity index (χ0) is 17.8. The fourth-order valence-electron chi connectivity index (χ4n) is 3.76. The Labute approximate surface area is 150 Å². The van der Waals surface area contributed by atoms with E-state index in [9.17, 15) is 4.79 Å². The zero-order valence-corrected chi connectivity index (χ0v) is 15.5. The highest BCUT2D eigenvalue weighted by Crippen LogP contribution is 2.33. The van der Waals surface area contributed by atoms with Crippen LogP contribution >= 0.6 is 0 Å². The summed E-state index contributed by atoms with van der Waals surface area (Å²) in [6.45, 7) is 7.99. The molecule has 1 aliphatic rings. The summed E-state index contributed by atoms with van der Waals surface area (Å²) in [6.07, 6.45) is 3.65. The highest BCUT2D eigenvalue weighted by molar-refractivity contribution is 6.02. The van der Waals surface area contributed by atoms with Crippen LogP contribution in [-0.2, 0) is 9.53 Å². The van der Waals surface area contributed by atoms with Crippen LogP contribution in [0.1, 0.15) is 56.7 Å². The molecule has 2 heterocycles. The minimum atomic E-state index is 0.101. The third kappa shape index (κ3) is 4.18. The van der Waals surface area contributed by atoms with Crippen molar-refractivity contribution in [1.29, 1.82) is 0 Å². The van der Waals surface area contributed by atoms with E-state index in [1.807, 2.05) is 31.2 Å². The van der Waals surface area contributed by atoms with Gasteiger partial charge in [-0.05, 0) is 44.1 Å². The molecule has 25 heavy (non-hydrogen) atoms. The van der Waals surface area contributed by atoms with E-state index in [2.05, 4.69) is 19.2 Å². The summed E-state index contributed by atoms with van der Waals surface area (Å²) in [4.78, 5) is 17.3. The van der Waals surface area contributed by atoms with Crippen LogP contribution in [0.4, 0.5) is 5.69 Å². The van der Waals surface area contributed by atoms with E-state index in [0.29, 0.717) is 18.3 Å². The molecule has 1 aromatic carbocycles. The summed E-state index contributed by atoms with van der Waals surface area (Å²) in [7, 11) is 0. The fraction of sp³-hybridized carbons (Fsp3) is 0.524. The number of anilines is 1. The third-order valence-electron chi connectivity index (χ3n) is 5.08. The van der Waals surface area contributed by atoms with Gasteiger partial charge in [0, 0.05) is 36.3 Å². The number of nitrogens with zero attached hydrogens (tertiary/aromatic N) is 1. The number of hydrogen-bond donors (Lipinski definition) is 1. The van der Waals surface area contributed by atoms with Crippen molar-refractivity contribution >= 4 is 22.5 Å². The Hall–Kier alpha value is -1.94. The van der Waals surface area contributed by atoms with Crippen LogP contribution in [0.15, 0.2) is 24.3 Å². The molecule has 0 unspecified atom stereocenters.